The molecule has 0 amide bonds. The predicted molar refractivity (Wildman–Crippen MR) is 28.4 cm³/mol. The Morgan fingerprint density at radius 2 is 2.36 bits per heavy atom. The van der Waals surface area contributed by atoms with Crippen molar-refractivity contribution in [2.45, 2.75) is 6.43 Å². The number of aromatic nitrogens is 1. The average molecular weight is 163 g/mol. The van der Waals surface area contributed by atoms with E-state index in [4.69, 9.17) is 5.11 Å². The second-order valence-corrected chi connectivity index (χ2v) is 1.72. The van der Waals surface area contributed by atoms with Crippen molar-refractivity contribution >= 4 is 5.97 Å². The Morgan fingerprint density at radius 1 is 1.73 bits per heavy atom. The summed E-state index contributed by atoms with van der Waals surface area (Å²) in [5.74, 6) is -2.00. The van der Waals surface area contributed by atoms with Crippen molar-refractivity contribution in [1.82, 2.24) is 5.16 Å². The van der Waals surface area contributed by atoms with Crippen LogP contribution in [0.25, 0.3) is 0 Å². The molecule has 0 aliphatic carbocycles. The molecule has 0 saturated carbocycles. The molecule has 1 rings (SSSR count). The van der Waals surface area contributed by atoms with Crippen LogP contribution in [-0.4, -0.2) is 16.2 Å². The van der Waals surface area contributed by atoms with Crippen molar-refractivity contribution in [3.63, 3.8) is 0 Å². The fraction of sp³-hybridized carbons (Fsp3) is 0.200. The predicted octanol–water partition coefficient (Wildman–Crippen LogP) is 1.31. The van der Waals surface area contributed by atoms with E-state index < -0.39 is 23.8 Å². The Balaban J connectivity index is 2.90. The molecular weight excluding hydrogens is 160 g/mol. The van der Waals surface area contributed by atoms with Crippen molar-refractivity contribution in [2.75, 3.05) is 0 Å². The third-order valence-corrected chi connectivity index (χ3v) is 0.963. The van der Waals surface area contributed by atoms with E-state index in [0.717, 1.165) is 0 Å². The lowest BCUT2D eigenvalue weighted by Gasteiger charge is -1.84. The molecule has 6 heteroatoms. The summed E-state index contributed by atoms with van der Waals surface area (Å²) in [5, 5.41) is 11.0. The summed E-state index contributed by atoms with van der Waals surface area (Å²) in [6.07, 6.45) is -2.80. The molecule has 0 unspecified atom stereocenters. The third-order valence-electron chi connectivity index (χ3n) is 0.963. The second kappa shape index (κ2) is 2.65. The molecule has 0 fully saturated rings. The van der Waals surface area contributed by atoms with E-state index >= 15 is 0 Å². The van der Waals surface area contributed by atoms with Gasteiger partial charge in [-0.15, -0.1) is 0 Å². The van der Waals surface area contributed by atoms with Gasteiger partial charge in [-0.1, -0.05) is 5.16 Å². The number of aromatic carboxylic acids is 1. The zero-order valence-electron chi connectivity index (χ0n) is 5.12. The van der Waals surface area contributed by atoms with Crippen LogP contribution in [0.1, 0.15) is 22.7 Å². The molecule has 1 aromatic rings. The van der Waals surface area contributed by atoms with Gasteiger partial charge >= 0.3 is 5.97 Å². The lowest BCUT2D eigenvalue weighted by atomic mass is 10.4. The van der Waals surface area contributed by atoms with Crippen LogP contribution in [0.4, 0.5) is 8.78 Å². The summed E-state index contributed by atoms with van der Waals surface area (Å²) in [6.45, 7) is 0. The minimum atomic E-state index is -2.80. The highest BCUT2D eigenvalue weighted by Gasteiger charge is 2.16. The fourth-order valence-corrected chi connectivity index (χ4v) is 0.493. The summed E-state index contributed by atoms with van der Waals surface area (Å²) in [5.41, 5.74) is -0.664. The van der Waals surface area contributed by atoms with Gasteiger partial charge in [0.15, 0.2) is 5.69 Å². The highest BCUT2D eigenvalue weighted by molar-refractivity contribution is 5.84. The van der Waals surface area contributed by atoms with Crippen LogP contribution < -0.4 is 0 Å². The highest BCUT2D eigenvalue weighted by Crippen LogP contribution is 2.17. The molecule has 0 radical (unpaired) electrons. The zero-order valence-corrected chi connectivity index (χ0v) is 5.12. The molecule has 1 aromatic heterocycles. The monoisotopic (exact) mass is 163 g/mol. The second-order valence-electron chi connectivity index (χ2n) is 1.72. The largest absolute Gasteiger partial charge is 0.475 e. The lowest BCUT2D eigenvalue weighted by Crippen LogP contribution is -1.91. The topological polar surface area (TPSA) is 63.3 Å². The van der Waals surface area contributed by atoms with E-state index in [9.17, 15) is 13.6 Å². The first-order valence-electron chi connectivity index (χ1n) is 2.59. The molecule has 0 aliphatic heterocycles. The number of halogens is 2. The number of nitrogens with zero attached hydrogens (tertiary/aromatic N) is 1. The van der Waals surface area contributed by atoms with Crippen LogP contribution in [0.3, 0.4) is 0 Å². The Hall–Kier alpha value is -1.46. The van der Waals surface area contributed by atoms with Gasteiger partial charge in [0.1, 0.15) is 0 Å². The van der Waals surface area contributed by atoms with E-state index in [1.54, 1.807) is 0 Å². The maximum absolute atomic E-state index is 11.7. The smallest absolute Gasteiger partial charge is 0.374 e. The molecule has 1 N–H and O–H groups in total. The number of hydrogen-bond donors (Lipinski definition) is 1. The summed E-state index contributed by atoms with van der Waals surface area (Å²) < 4.78 is 27.5. The molecule has 0 aromatic carbocycles. The van der Waals surface area contributed by atoms with E-state index in [1.165, 1.54) is 0 Å². The Labute approximate surface area is 59.4 Å². The van der Waals surface area contributed by atoms with Crippen molar-refractivity contribution < 1.29 is 23.2 Å². The van der Waals surface area contributed by atoms with Gasteiger partial charge in [0.05, 0.1) is 0 Å². The molecule has 0 saturated heterocycles. The summed E-state index contributed by atoms with van der Waals surface area (Å²) in [7, 11) is 0. The Bertz CT molecular complexity index is 270. The molecule has 11 heavy (non-hydrogen) atoms. The van der Waals surface area contributed by atoms with E-state index in [1.807, 2.05) is 0 Å². The molecule has 0 spiro atoms. The van der Waals surface area contributed by atoms with Gasteiger partial charge in [-0.3, -0.25) is 0 Å². The van der Waals surface area contributed by atoms with Crippen LogP contribution in [0.5, 0.6) is 0 Å². The molecule has 4 nitrogen and oxygen atoms in total. The first-order valence-corrected chi connectivity index (χ1v) is 2.59. The Morgan fingerprint density at radius 3 is 2.64 bits per heavy atom. The average Bonchev–Trinajstić information content (AvgIpc) is 2.33. The van der Waals surface area contributed by atoms with Gasteiger partial charge in [0, 0.05) is 6.07 Å². The highest BCUT2D eigenvalue weighted by atomic mass is 19.3. The van der Waals surface area contributed by atoms with Crippen molar-refractivity contribution in [2.24, 2.45) is 0 Å². The SMILES string of the molecule is O=C(O)c1cc(C(F)F)no1. The van der Waals surface area contributed by atoms with Crippen LogP contribution in [0, 0.1) is 0 Å². The maximum atomic E-state index is 11.7. The van der Waals surface area contributed by atoms with E-state index in [-0.39, 0.29) is 0 Å². The summed E-state index contributed by atoms with van der Waals surface area (Å²) >= 11 is 0. The summed E-state index contributed by atoms with van der Waals surface area (Å²) in [4.78, 5) is 10.1. The fourth-order valence-electron chi connectivity index (χ4n) is 0.493. The molecule has 0 aliphatic rings. The number of carboxylic acid groups (broad SMARTS) is 1. The standard InChI is InChI=1S/C5H3F2NO3/c6-4(7)2-1-3(5(9)10)11-8-2/h1,4H,(H,9,10). The van der Waals surface area contributed by atoms with Crippen molar-refractivity contribution in [1.29, 1.82) is 0 Å². The number of alkyl halides is 2. The van der Waals surface area contributed by atoms with E-state index in [2.05, 4.69) is 9.68 Å². The zero-order chi connectivity index (χ0) is 8.43. The van der Waals surface area contributed by atoms with Gasteiger partial charge in [0.25, 0.3) is 6.43 Å². The van der Waals surface area contributed by atoms with Crippen LogP contribution in [-0.2, 0) is 0 Å². The van der Waals surface area contributed by atoms with Gasteiger partial charge < -0.3 is 9.63 Å². The normalized spacial score (nSPS) is 10.5. The van der Waals surface area contributed by atoms with Crippen molar-refractivity contribution in [3.05, 3.63) is 17.5 Å². The maximum Gasteiger partial charge on any atom is 0.374 e. The van der Waals surface area contributed by atoms with Gasteiger partial charge in [-0.05, 0) is 0 Å². The van der Waals surface area contributed by atoms with Crippen LogP contribution >= 0.6 is 0 Å². The summed E-state index contributed by atoms with van der Waals surface area (Å²) in [6, 6.07) is 0.687. The van der Waals surface area contributed by atoms with Crippen LogP contribution in [0.2, 0.25) is 0 Å². The third kappa shape index (κ3) is 1.51. The first kappa shape index (κ1) is 7.64. The van der Waals surface area contributed by atoms with Crippen LogP contribution in [0.15, 0.2) is 10.6 Å². The minimum absolute atomic E-state index is 0.583. The first-order chi connectivity index (χ1) is 5.11. The Kier molecular flexibility index (Phi) is 1.84. The molecule has 60 valence electrons. The lowest BCUT2D eigenvalue weighted by molar-refractivity contribution is 0.0650. The molecule has 1 heterocycles. The van der Waals surface area contributed by atoms with Crippen molar-refractivity contribution in [3.8, 4) is 0 Å². The number of carboxylic acids is 1. The molecular formula is C5H3F2NO3. The van der Waals surface area contributed by atoms with Gasteiger partial charge in [-0.2, -0.15) is 0 Å². The molecule has 0 atom stereocenters. The minimum Gasteiger partial charge on any atom is -0.475 e. The van der Waals surface area contributed by atoms with E-state index in [0.29, 0.717) is 6.07 Å². The number of hydrogen-bond acceptors (Lipinski definition) is 3. The number of rotatable bonds is 2. The number of carbonyl (C=O) groups is 1. The van der Waals surface area contributed by atoms with Gasteiger partial charge in [-0.25, -0.2) is 13.6 Å². The van der Waals surface area contributed by atoms with Gasteiger partial charge in [0.2, 0.25) is 5.76 Å². The molecule has 0 bridgehead atoms. The quantitative estimate of drug-likeness (QED) is 0.713.